The second-order valence-corrected chi connectivity index (χ2v) is 3.24. The van der Waals surface area contributed by atoms with Gasteiger partial charge in [-0.3, -0.25) is 4.79 Å². The van der Waals surface area contributed by atoms with Crippen LogP contribution in [0.2, 0.25) is 0 Å². The number of hydrogen-bond donors (Lipinski definition) is 1. The topological polar surface area (TPSA) is 68.0 Å². The molecule has 0 aromatic carbocycles. The minimum absolute atomic E-state index is 0.0345. The maximum Gasteiger partial charge on any atom is 0.246 e. The Bertz CT molecular complexity index is 287. The zero-order chi connectivity index (χ0) is 9.68. The van der Waals surface area contributed by atoms with Crippen molar-refractivity contribution in [2.45, 2.75) is 19.9 Å². The lowest BCUT2D eigenvalue weighted by molar-refractivity contribution is -0.120. The molecule has 0 aliphatic carbocycles. The number of nitrogens with one attached hydrogen (secondary N) is 1. The second kappa shape index (κ2) is 4.96. The Morgan fingerprint density at radius 2 is 2.46 bits per heavy atom. The van der Waals surface area contributed by atoms with E-state index in [4.69, 9.17) is 4.52 Å². The molecule has 0 unspecified atom stereocenters. The quantitative estimate of drug-likeness (QED) is 0.799. The highest BCUT2D eigenvalue weighted by Gasteiger charge is 2.04. The molecule has 1 amide bonds. The normalized spacial score (nSPS) is 10.0. The Hall–Kier alpha value is -0.910. The van der Waals surface area contributed by atoms with Crippen LogP contribution >= 0.6 is 15.9 Å². The maximum absolute atomic E-state index is 11.0. The van der Waals surface area contributed by atoms with Crippen molar-refractivity contribution >= 4 is 21.8 Å². The van der Waals surface area contributed by atoms with E-state index in [1.54, 1.807) is 6.92 Å². The largest absolute Gasteiger partial charge is 0.347 e. The third-order valence-electron chi connectivity index (χ3n) is 1.33. The van der Waals surface area contributed by atoms with Gasteiger partial charge in [0.15, 0.2) is 5.82 Å². The van der Waals surface area contributed by atoms with Gasteiger partial charge in [-0.2, -0.15) is 4.98 Å². The van der Waals surface area contributed by atoms with E-state index >= 15 is 0 Å². The summed E-state index contributed by atoms with van der Waals surface area (Å²) in [5, 5.41) is 6.90. The van der Waals surface area contributed by atoms with Crippen LogP contribution in [0.1, 0.15) is 18.1 Å². The fourth-order valence-corrected chi connectivity index (χ4v) is 1.12. The number of aromatic nitrogens is 2. The standard InChI is InChI=1S/C7H10BrN3O2/c1-5-10-7(13-11-5)4-9-6(12)2-3-8/h2-4H2,1H3,(H,9,12). The fourth-order valence-electron chi connectivity index (χ4n) is 0.760. The first-order chi connectivity index (χ1) is 6.22. The Balaban J connectivity index is 2.30. The summed E-state index contributed by atoms with van der Waals surface area (Å²) in [5.41, 5.74) is 0. The maximum atomic E-state index is 11.0. The average molecular weight is 248 g/mol. The van der Waals surface area contributed by atoms with Gasteiger partial charge in [0.1, 0.15) is 0 Å². The van der Waals surface area contributed by atoms with Gasteiger partial charge in [-0.05, 0) is 6.92 Å². The third-order valence-corrected chi connectivity index (χ3v) is 1.72. The van der Waals surface area contributed by atoms with Gasteiger partial charge in [0, 0.05) is 11.8 Å². The van der Waals surface area contributed by atoms with E-state index in [0.29, 0.717) is 30.0 Å². The monoisotopic (exact) mass is 247 g/mol. The molecule has 0 fully saturated rings. The number of hydrogen-bond acceptors (Lipinski definition) is 4. The fraction of sp³-hybridized carbons (Fsp3) is 0.571. The summed E-state index contributed by atoms with van der Waals surface area (Å²) < 4.78 is 4.81. The summed E-state index contributed by atoms with van der Waals surface area (Å²) in [4.78, 5) is 14.9. The van der Waals surface area contributed by atoms with Crippen LogP contribution in [0.4, 0.5) is 0 Å². The van der Waals surface area contributed by atoms with E-state index in [2.05, 4.69) is 31.4 Å². The van der Waals surface area contributed by atoms with Gasteiger partial charge in [-0.1, -0.05) is 21.1 Å². The predicted molar refractivity (Wildman–Crippen MR) is 49.3 cm³/mol. The molecule has 1 N–H and O–H groups in total. The SMILES string of the molecule is Cc1noc(CNC(=O)CCBr)n1. The van der Waals surface area contributed by atoms with Crippen molar-refractivity contribution in [2.75, 3.05) is 5.33 Å². The van der Waals surface area contributed by atoms with E-state index in [1.807, 2.05) is 0 Å². The number of aryl methyl sites for hydroxylation is 1. The summed E-state index contributed by atoms with van der Waals surface area (Å²) in [5.74, 6) is 0.970. The summed E-state index contributed by atoms with van der Waals surface area (Å²) >= 11 is 3.17. The van der Waals surface area contributed by atoms with Gasteiger partial charge in [0.25, 0.3) is 0 Å². The minimum Gasteiger partial charge on any atom is -0.347 e. The molecule has 1 rings (SSSR count). The Labute approximate surface area is 84.0 Å². The smallest absolute Gasteiger partial charge is 0.246 e. The number of halogens is 1. The van der Waals surface area contributed by atoms with Crippen LogP contribution in [-0.2, 0) is 11.3 Å². The zero-order valence-corrected chi connectivity index (χ0v) is 8.80. The van der Waals surface area contributed by atoms with Gasteiger partial charge >= 0.3 is 0 Å². The van der Waals surface area contributed by atoms with E-state index in [-0.39, 0.29) is 5.91 Å². The molecule has 0 saturated carbocycles. The first kappa shape index (κ1) is 10.2. The number of nitrogens with zero attached hydrogens (tertiary/aromatic N) is 2. The summed E-state index contributed by atoms with van der Waals surface area (Å²) in [7, 11) is 0. The van der Waals surface area contributed by atoms with Crippen LogP contribution in [-0.4, -0.2) is 21.4 Å². The Kier molecular flexibility index (Phi) is 3.88. The number of carbonyl (C=O) groups is 1. The molecule has 0 aliphatic rings. The van der Waals surface area contributed by atoms with Crippen molar-refractivity contribution in [1.82, 2.24) is 15.5 Å². The average Bonchev–Trinajstić information content (AvgIpc) is 2.49. The van der Waals surface area contributed by atoms with Crippen LogP contribution in [0.3, 0.4) is 0 Å². The number of rotatable bonds is 4. The van der Waals surface area contributed by atoms with Gasteiger partial charge in [0.05, 0.1) is 6.54 Å². The zero-order valence-electron chi connectivity index (χ0n) is 7.21. The lowest BCUT2D eigenvalue weighted by Gasteiger charge is -1.98. The van der Waals surface area contributed by atoms with Crippen LogP contribution < -0.4 is 5.32 Å². The summed E-state index contributed by atoms with van der Waals surface area (Å²) in [6, 6.07) is 0. The van der Waals surface area contributed by atoms with Crippen molar-refractivity contribution in [3.8, 4) is 0 Å². The summed E-state index contributed by atoms with van der Waals surface area (Å²) in [6.45, 7) is 2.03. The van der Waals surface area contributed by atoms with Gasteiger partial charge in [0.2, 0.25) is 11.8 Å². The molecule has 0 atom stereocenters. The molecule has 72 valence electrons. The van der Waals surface area contributed by atoms with Crippen molar-refractivity contribution in [3.63, 3.8) is 0 Å². The molecule has 0 bridgehead atoms. The van der Waals surface area contributed by atoms with E-state index in [1.165, 1.54) is 0 Å². The van der Waals surface area contributed by atoms with E-state index in [9.17, 15) is 4.79 Å². The molecular formula is C7H10BrN3O2. The number of carbonyl (C=O) groups excluding carboxylic acids is 1. The highest BCUT2D eigenvalue weighted by molar-refractivity contribution is 9.09. The molecule has 1 heterocycles. The van der Waals surface area contributed by atoms with Crippen molar-refractivity contribution in [2.24, 2.45) is 0 Å². The molecule has 5 nitrogen and oxygen atoms in total. The first-order valence-corrected chi connectivity index (χ1v) is 4.96. The van der Waals surface area contributed by atoms with Crippen LogP contribution in [0.5, 0.6) is 0 Å². The van der Waals surface area contributed by atoms with Crippen LogP contribution in [0.25, 0.3) is 0 Å². The van der Waals surface area contributed by atoms with Gasteiger partial charge in [-0.25, -0.2) is 0 Å². The van der Waals surface area contributed by atoms with Crippen molar-refractivity contribution < 1.29 is 9.32 Å². The van der Waals surface area contributed by atoms with E-state index in [0.717, 1.165) is 0 Å². The Morgan fingerprint density at radius 3 is 3.00 bits per heavy atom. The number of amides is 1. The molecule has 6 heteroatoms. The molecule has 0 spiro atoms. The molecular weight excluding hydrogens is 238 g/mol. The molecule has 0 radical (unpaired) electrons. The van der Waals surface area contributed by atoms with Gasteiger partial charge in [-0.15, -0.1) is 0 Å². The Morgan fingerprint density at radius 1 is 1.69 bits per heavy atom. The third kappa shape index (κ3) is 3.54. The predicted octanol–water partition coefficient (Wildman–Crippen LogP) is 0.779. The highest BCUT2D eigenvalue weighted by Crippen LogP contribution is 1.95. The molecule has 13 heavy (non-hydrogen) atoms. The van der Waals surface area contributed by atoms with E-state index < -0.39 is 0 Å². The number of alkyl halides is 1. The second-order valence-electron chi connectivity index (χ2n) is 2.45. The van der Waals surface area contributed by atoms with Crippen LogP contribution in [0.15, 0.2) is 4.52 Å². The van der Waals surface area contributed by atoms with Crippen molar-refractivity contribution in [1.29, 1.82) is 0 Å². The molecule has 1 aromatic heterocycles. The first-order valence-electron chi connectivity index (χ1n) is 3.84. The summed E-state index contributed by atoms with van der Waals surface area (Å²) in [6.07, 6.45) is 0.452. The van der Waals surface area contributed by atoms with Crippen LogP contribution in [0, 0.1) is 6.92 Å². The van der Waals surface area contributed by atoms with Gasteiger partial charge < -0.3 is 9.84 Å². The lowest BCUT2D eigenvalue weighted by atomic mass is 10.4. The minimum atomic E-state index is -0.0345. The highest BCUT2D eigenvalue weighted by atomic mass is 79.9. The molecule has 1 aromatic rings. The molecule has 0 saturated heterocycles. The molecule has 0 aliphatic heterocycles. The lowest BCUT2D eigenvalue weighted by Crippen LogP contribution is -2.22. The van der Waals surface area contributed by atoms with Crippen molar-refractivity contribution in [3.05, 3.63) is 11.7 Å².